The Morgan fingerprint density at radius 2 is 1.93 bits per heavy atom. The molecule has 2 amide bonds. The summed E-state index contributed by atoms with van der Waals surface area (Å²) in [7, 11) is 0. The van der Waals surface area contributed by atoms with Gasteiger partial charge in [-0.25, -0.2) is 8.78 Å². The van der Waals surface area contributed by atoms with Crippen LogP contribution in [0.1, 0.15) is 29.3 Å². The zero-order chi connectivity index (χ0) is 29.7. The van der Waals surface area contributed by atoms with Gasteiger partial charge in [0.05, 0.1) is 30.0 Å². The Balaban J connectivity index is 1.43. The van der Waals surface area contributed by atoms with E-state index in [-0.39, 0.29) is 30.4 Å². The van der Waals surface area contributed by atoms with E-state index in [0.29, 0.717) is 50.0 Å². The van der Waals surface area contributed by atoms with Gasteiger partial charge >= 0.3 is 6.18 Å². The summed E-state index contributed by atoms with van der Waals surface area (Å²) in [4.78, 5) is 28.9. The number of hydrogen-bond donors (Lipinski definition) is 3. The van der Waals surface area contributed by atoms with Crippen LogP contribution in [-0.2, 0) is 16.1 Å². The van der Waals surface area contributed by atoms with Crippen molar-refractivity contribution < 1.29 is 36.3 Å². The average molecular weight is 604 g/mol. The van der Waals surface area contributed by atoms with Crippen LogP contribution in [0.2, 0.25) is 5.02 Å². The third-order valence-corrected chi connectivity index (χ3v) is 7.26. The maximum absolute atomic E-state index is 15.0. The summed E-state index contributed by atoms with van der Waals surface area (Å²) in [5, 5.41) is 8.48. The molecule has 4 rings (SSSR count). The molecular formula is C27H31ClF5N5O3. The molecule has 0 aliphatic carbocycles. The van der Waals surface area contributed by atoms with Gasteiger partial charge in [-0.2, -0.15) is 13.2 Å². The Kier molecular flexibility index (Phi) is 10.1. The van der Waals surface area contributed by atoms with Gasteiger partial charge in [0.1, 0.15) is 6.10 Å². The number of halogens is 6. The largest absolute Gasteiger partial charge is 0.390 e. The van der Waals surface area contributed by atoms with E-state index in [4.69, 9.17) is 16.3 Å². The third kappa shape index (κ3) is 8.06. The zero-order valence-electron chi connectivity index (χ0n) is 22.3. The highest BCUT2D eigenvalue weighted by molar-refractivity contribution is 6.31. The predicted molar refractivity (Wildman–Crippen MR) is 144 cm³/mol. The van der Waals surface area contributed by atoms with Crippen LogP contribution < -0.4 is 20.9 Å². The molecule has 2 aliphatic heterocycles. The van der Waals surface area contributed by atoms with Crippen molar-refractivity contribution >= 4 is 34.8 Å². The molecule has 2 atom stereocenters. The van der Waals surface area contributed by atoms with Gasteiger partial charge in [-0.05, 0) is 31.2 Å². The first-order chi connectivity index (χ1) is 19.4. The minimum atomic E-state index is -4.24. The maximum atomic E-state index is 15.0. The highest BCUT2D eigenvalue weighted by atomic mass is 35.5. The van der Waals surface area contributed by atoms with Crippen molar-refractivity contribution in [1.82, 2.24) is 15.5 Å². The second kappa shape index (κ2) is 13.3. The number of hydrogen-bond acceptors (Lipinski definition) is 6. The van der Waals surface area contributed by atoms with E-state index < -0.39 is 47.7 Å². The molecule has 0 saturated carbocycles. The van der Waals surface area contributed by atoms with Crippen molar-refractivity contribution in [3.63, 3.8) is 0 Å². The molecule has 0 spiro atoms. The lowest BCUT2D eigenvalue weighted by Crippen LogP contribution is -2.52. The third-order valence-electron chi connectivity index (χ3n) is 7.02. The van der Waals surface area contributed by atoms with Crippen LogP contribution in [0, 0.1) is 11.6 Å². The fraction of sp³-hybridized carbons (Fsp3) is 0.481. The van der Waals surface area contributed by atoms with Gasteiger partial charge in [-0.15, -0.1) is 0 Å². The van der Waals surface area contributed by atoms with E-state index >= 15 is 0 Å². The number of nitrogens with zero attached hydrogens (tertiary/aromatic N) is 2. The van der Waals surface area contributed by atoms with Crippen LogP contribution in [0.5, 0.6) is 0 Å². The number of morpholine rings is 1. The molecule has 2 saturated heterocycles. The minimum Gasteiger partial charge on any atom is -0.366 e. The molecule has 224 valence electrons. The number of alkyl halides is 3. The van der Waals surface area contributed by atoms with Crippen molar-refractivity contribution in [3.8, 4) is 0 Å². The fourth-order valence-corrected chi connectivity index (χ4v) is 5.01. The Labute approximate surface area is 239 Å². The van der Waals surface area contributed by atoms with Crippen LogP contribution >= 0.6 is 11.6 Å². The minimum absolute atomic E-state index is 0.114. The average Bonchev–Trinajstić information content (AvgIpc) is 2.93. The number of carbonyl (C=O) groups is 2. The predicted octanol–water partition coefficient (Wildman–Crippen LogP) is 3.94. The van der Waals surface area contributed by atoms with Crippen LogP contribution in [0.25, 0.3) is 0 Å². The molecule has 2 fully saturated rings. The van der Waals surface area contributed by atoms with Gasteiger partial charge in [0.15, 0.2) is 11.6 Å². The van der Waals surface area contributed by atoms with Gasteiger partial charge in [0, 0.05) is 62.4 Å². The maximum Gasteiger partial charge on any atom is 0.390 e. The van der Waals surface area contributed by atoms with E-state index in [0.717, 1.165) is 6.07 Å². The highest BCUT2D eigenvalue weighted by Gasteiger charge is 2.31. The Hall–Kier alpha value is -3.00. The van der Waals surface area contributed by atoms with E-state index in [1.165, 1.54) is 18.2 Å². The molecule has 2 heterocycles. The Morgan fingerprint density at radius 3 is 2.61 bits per heavy atom. The molecule has 2 aliphatic rings. The summed E-state index contributed by atoms with van der Waals surface area (Å²) in [5.74, 6) is -4.00. The molecule has 0 aromatic heterocycles. The number of rotatable bonds is 8. The summed E-state index contributed by atoms with van der Waals surface area (Å²) in [5.41, 5.74) is 0.115. The van der Waals surface area contributed by atoms with Gasteiger partial charge in [-0.1, -0.05) is 17.7 Å². The van der Waals surface area contributed by atoms with Gasteiger partial charge in [0.2, 0.25) is 0 Å². The van der Waals surface area contributed by atoms with Crippen molar-refractivity contribution in [2.45, 2.75) is 38.2 Å². The second-order valence-electron chi connectivity index (χ2n) is 10.0. The first-order valence-electron chi connectivity index (χ1n) is 13.2. The summed E-state index contributed by atoms with van der Waals surface area (Å²) < 4.78 is 73.1. The summed E-state index contributed by atoms with van der Waals surface area (Å²) >= 11 is 6.21. The molecular weight excluding hydrogens is 573 g/mol. The number of piperazine rings is 1. The van der Waals surface area contributed by atoms with E-state index in [1.54, 1.807) is 11.0 Å². The highest BCUT2D eigenvalue weighted by Crippen LogP contribution is 2.33. The summed E-state index contributed by atoms with van der Waals surface area (Å²) in [6, 6.07) is 6.79. The van der Waals surface area contributed by atoms with Gasteiger partial charge in [-0.3, -0.25) is 14.5 Å². The van der Waals surface area contributed by atoms with Crippen LogP contribution in [0.4, 0.5) is 33.3 Å². The molecule has 14 heteroatoms. The number of nitrogens with one attached hydrogen (secondary N) is 3. The van der Waals surface area contributed by atoms with E-state index in [9.17, 15) is 31.5 Å². The molecule has 8 nitrogen and oxygen atoms in total. The topological polar surface area (TPSA) is 85.9 Å². The lowest BCUT2D eigenvalue weighted by molar-refractivity contribution is -0.138. The molecule has 0 radical (unpaired) electrons. The SMILES string of the molecule is CC1CN(CCC(F)(F)F)CCN1c1cc(Cl)ccc1NC(=O)c1ccc(CNC(=O)C2CNCCO2)c(F)c1F. The quantitative estimate of drug-likeness (QED) is 0.397. The van der Waals surface area contributed by atoms with Crippen LogP contribution in [-0.4, -0.2) is 80.9 Å². The first kappa shape index (κ1) is 30.9. The first-order valence-corrected chi connectivity index (χ1v) is 13.5. The van der Waals surface area contributed by atoms with E-state index in [2.05, 4.69) is 16.0 Å². The van der Waals surface area contributed by atoms with Crippen LogP contribution in [0.3, 0.4) is 0 Å². The normalized spacial score (nSPS) is 20.1. The molecule has 2 aromatic carbocycles. The number of carbonyl (C=O) groups excluding carboxylic acids is 2. The van der Waals surface area contributed by atoms with Gasteiger partial charge in [0.25, 0.3) is 11.8 Å². The lowest BCUT2D eigenvalue weighted by atomic mass is 10.1. The number of ether oxygens (including phenoxy) is 1. The lowest BCUT2D eigenvalue weighted by Gasteiger charge is -2.42. The Bertz CT molecular complexity index is 1260. The number of benzene rings is 2. The number of anilines is 2. The molecule has 2 unspecified atom stereocenters. The summed E-state index contributed by atoms with van der Waals surface area (Å²) in [6.45, 7) is 3.81. The van der Waals surface area contributed by atoms with Crippen LogP contribution in [0.15, 0.2) is 30.3 Å². The zero-order valence-corrected chi connectivity index (χ0v) is 23.0. The summed E-state index contributed by atoms with van der Waals surface area (Å²) in [6.07, 6.45) is -5.88. The van der Waals surface area contributed by atoms with Gasteiger partial charge < -0.3 is 25.6 Å². The molecule has 3 N–H and O–H groups in total. The smallest absolute Gasteiger partial charge is 0.366 e. The van der Waals surface area contributed by atoms with Crippen molar-refractivity contribution in [2.75, 3.05) is 56.1 Å². The van der Waals surface area contributed by atoms with Crippen molar-refractivity contribution in [1.29, 1.82) is 0 Å². The molecule has 0 bridgehead atoms. The van der Waals surface area contributed by atoms with Crippen molar-refractivity contribution in [3.05, 3.63) is 58.1 Å². The Morgan fingerprint density at radius 1 is 1.15 bits per heavy atom. The van der Waals surface area contributed by atoms with Crippen molar-refractivity contribution in [2.24, 2.45) is 0 Å². The monoisotopic (exact) mass is 603 g/mol. The van der Waals surface area contributed by atoms with E-state index in [1.807, 2.05) is 11.8 Å². The fourth-order valence-electron chi connectivity index (χ4n) is 4.85. The molecule has 2 aromatic rings. The molecule has 41 heavy (non-hydrogen) atoms. The number of amides is 2. The second-order valence-corrected chi connectivity index (χ2v) is 10.4. The standard InChI is InChI=1S/C27H31ClF5N5O3/c1-16-15-37(8-6-27(31,32)33)9-10-38(16)21-12-18(28)3-5-20(21)36-25(39)19-4-2-17(23(29)24(19)30)13-35-26(40)22-14-34-7-11-41-22/h2-5,12,16,22,34H,6-11,13-15H2,1H3,(H,35,40)(H,36,39).